The molecule has 0 bridgehead atoms. The maximum Gasteiger partial charge on any atom is 0.0547 e. The molecule has 0 aliphatic heterocycles. The van der Waals surface area contributed by atoms with Crippen molar-refractivity contribution < 1.29 is 0 Å². The Kier molecular flexibility index (Phi) is 5.89. The van der Waals surface area contributed by atoms with Gasteiger partial charge in [-0.3, -0.25) is 0 Å². The van der Waals surface area contributed by atoms with Gasteiger partial charge in [0.1, 0.15) is 0 Å². The van der Waals surface area contributed by atoms with Crippen molar-refractivity contribution in [3.8, 4) is 39.1 Å². The van der Waals surface area contributed by atoms with Gasteiger partial charge in [0.2, 0.25) is 0 Å². The summed E-state index contributed by atoms with van der Waals surface area (Å²) in [7, 11) is 0. The van der Waals surface area contributed by atoms with Gasteiger partial charge >= 0.3 is 0 Å². The van der Waals surface area contributed by atoms with Gasteiger partial charge in [0.25, 0.3) is 0 Å². The van der Waals surface area contributed by atoms with Crippen LogP contribution in [0.3, 0.4) is 0 Å². The zero-order valence-corrected chi connectivity index (χ0v) is 24.7. The van der Waals surface area contributed by atoms with Gasteiger partial charge in [-0.2, -0.15) is 0 Å². The van der Waals surface area contributed by atoms with Crippen LogP contribution in [0.4, 0.5) is 0 Å². The molecule has 0 aliphatic carbocycles. The molecule has 0 saturated heterocycles. The number of benzene rings is 8. The summed E-state index contributed by atoms with van der Waals surface area (Å²) >= 11 is 0. The van der Waals surface area contributed by atoms with Crippen molar-refractivity contribution in [2.45, 2.75) is 0 Å². The molecule has 1 aromatic heterocycles. The lowest BCUT2D eigenvalue weighted by Gasteiger charge is -2.12. The number of para-hydroxylation sites is 1. The average Bonchev–Trinajstić information content (AvgIpc) is 3.45. The third-order valence-electron chi connectivity index (χ3n) is 9.22. The van der Waals surface area contributed by atoms with E-state index in [-0.39, 0.29) is 0 Å². The SMILES string of the molecule is c1ccc2c(-c3ccc(-c4ccc5c6ccccc6n(-c6ccc(-c7cccc8ccccc78)cc6)c5c4)cc3)cccc2c1. The Balaban J connectivity index is 1.14. The molecule has 0 aliphatic rings. The summed E-state index contributed by atoms with van der Waals surface area (Å²) in [6, 6.07) is 64.0. The number of rotatable bonds is 4. The summed E-state index contributed by atoms with van der Waals surface area (Å²) in [5, 5.41) is 7.62. The molecule has 0 N–H and O–H groups in total. The molecule has 0 amide bonds. The smallest absolute Gasteiger partial charge is 0.0547 e. The van der Waals surface area contributed by atoms with Gasteiger partial charge in [-0.15, -0.1) is 0 Å². The van der Waals surface area contributed by atoms with E-state index >= 15 is 0 Å². The lowest BCUT2D eigenvalue weighted by molar-refractivity contribution is 1.18. The van der Waals surface area contributed by atoms with Crippen LogP contribution in [-0.2, 0) is 0 Å². The highest BCUT2D eigenvalue weighted by Gasteiger charge is 2.14. The molecule has 45 heavy (non-hydrogen) atoms. The second-order valence-corrected chi connectivity index (χ2v) is 11.8. The van der Waals surface area contributed by atoms with E-state index in [2.05, 4.69) is 180 Å². The predicted octanol–water partition coefficient (Wildman–Crippen LogP) is 12.1. The molecule has 1 nitrogen and oxygen atoms in total. The van der Waals surface area contributed by atoms with E-state index in [1.807, 2.05) is 0 Å². The Morgan fingerprint density at radius 2 is 0.756 bits per heavy atom. The fourth-order valence-electron chi connectivity index (χ4n) is 7.01. The number of hydrogen-bond donors (Lipinski definition) is 0. The standard InChI is InChI=1S/C44H29N/c1-3-13-37-31(9-1)11-7-16-39(37)33-21-19-30(20-22-33)35-25-28-42-41-15-5-6-18-43(41)45(44(42)29-35)36-26-23-34(24-27-36)40-17-8-12-32-10-2-4-14-38(32)40/h1-29H. The Hall–Kier alpha value is -5.92. The van der Waals surface area contributed by atoms with Gasteiger partial charge in [-0.05, 0) is 79.2 Å². The van der Waals surface area contributed by atoms with Gasteiger partial charge in [-0.25, -0.2) is 0 Å². The maximum atomic E-state index is 2.41. The Morgan fingerprint density at radius 1 is 0.289 bits per heavy atom. The molecule has 1 heterocycles. The van der Waals surface area contributed by atoms with Crippen LogP contribution in [0.15, 0.2) is 176 Å². The van der Waals surface area contributed by atoms with Gasteiger partial charge in [0.05, 0.1) is 11.0 Å². The molecule has 210 valence electrons. The largest absolute Gasteiger partial charge is 0.309 e. The van der Waals surface area contributed by atoms with E-state index in [1.165, 1.54) is 76.7 Å². The zero-order valence-electron chi connectivity index (χ0n) is 24.7. The number of hydrogen-bond acceptors (Lipinski definition) is 0. The van der Waals surface area contributed by atoms with Crippen molar-refractivity contribution in [3.63, 3.8) is 0 Å². The minimum absolute atomic E-state index is 1.16. The van der Waals surface area contributed by atoms with Crippen LogP contribution < -0.4 is 0 Å². The van der Waals surface area contributed by atoms with Crippen LogP contribution in [-0.4, -0.2) is 4.57 Å². The minimum Gasteiger partial charge on any atom is -0.309 e. The number of fused-ring (bicyclic) bond motifs is 5. The molecule has 8 aromatic carbocycles. The van der Waals surface area contributed by atoms with Crippen LogP contribution in [0.25, 0.3) is 82.4 Å². The van der Waals surface area contributed by atoms with E-state index in [0.29, 0.717) is 0 Å². The zero-order chi connectivity index (χ0) is 29.7. The molecular weight excluding hydrogens is 542 g/mol. The first kappa shape index (κ1) is 25.6. The fraction of sp³-hybridized carbons (Fsp3) is 0. The Morgan fingerprint density at radius 3 is 1.40 bits per heavy atom. The molecule has 1 heteroatoms. The van der Waals surface area contributed by atoms with Gasteiger partial charge < -0.3 is 4.57 Å². The van der Waals surface area contributed by atoms with Gasteiger partial charge in [-0.1, -0.05) is 152 Å². The summed E-state index contributed by atoms with van der Waals surface area (Å²) in [5.41, 5.74) is 11.0. The topological polar surface area (TPSA) is 4.93 Å². The molecule has 9 rings (SSSR count). The fourth-order valence-corrected chi connectivity index (χ4v) is 7.01. The summed E-state index contributed by atoms with van der Waals surface area (Å²) in [6.07, 6.45) is 0. The van der Waals surface area contributed by atoms with E-state index in [4.69, 9.17) is 0 Å². The van der Waals surface area contributed by atoms with Crippen LogP contribution >= 0.6 is 0 Å². The van der Waals surface area contributed by atoms with E-state index < -0.39 is 0 Å². The second kappa shape index (κ2) is 10.4. The van der Waals surface area contributed by atoms with Crippen molar-refractivity contribution in [2.75, 3.05) is 0 Å². The highest BCUT2D eigenvalue weighted by molar-refractivity contribution is 6.10. The van der Waals surface area contributed by atoms with Crippen LogP contribution in [0.5, 0.6) is 0 Å². The monoisotopic (exact) mass is 571 g/mol. The highest BCUT2D eigenvalue weighted by atomic mass is 15.0. The summed E-state index contributed by atoms with van der Waals surface area (Å²) in [5.74, 6) is 0. The highest BCUT2D eigenvalue weighted by Crippen LogP contribution is 2.37. The molecule has 0 spiro atoms. The van der Waals surface area contributed by atoms with Crippen LogP contribution in [0, 0.1) is 0 Å². The van der Waals surface area contributed by atoms with Crippen LogP contribution in [0.1, 0.15) is 0 Å². The van der Waals surface area contributed by atoms with Crippen molar-refractivity contribution in [1.82, 2.24) is 4.57 Å². The first-order chi connectivity index (χ1) is 22.3. The van der Waals surface area contributed by atoms with Gasteiger partial charge in [0.15, 0.2) is 0 Å². The van der Waals surface area contributed by atoms with E-state index in [9.17, 15) is 0 Å². The first-order valence-electron chi connectivity index (χ1n) is 15.5. The van der Waals surface area contributed by atoms with E-state index in [0.717, 1.165) is 5.69 Å². The Labute approximate surface area is 262 Å². The molecule has 0 unspecified atom stereocenters. The lowest BCUT2D eigenvalue weighted by atomic mass is 9.96. The van der Waals surface area contributed by atoms with Crippen molar-refractivity contribution >= 4 is 43.4 Å². The molecule has 9 aromatic rings. The quantitative estimate of drug-likeness (QED) is 0.198. The molecular formula is C44H29N. The summed E-state index contributed by atoms with van der Waals surface area (Å²) < 4.78 is 2.41. The van der Waals surface area contributed by atoms with Crippen LogP contribution in [0.2, 0.25) is 0 Å². The third-order valence-corrected chi connectivity index (χ3v) is 9.22. The third kappa shape index (κ3) is 4.24. The predicted molar refractivity (Wildman–Crippen MR) is 192 cm³/mol. The normalized spacial score (nSPS) is 11.6. The van der Waals surface area contributed by atoms with Gasteiger partial charge in [0, 0.05) is 16.5 Å². The summed E-state index contributed by atoms with van der Waals surface area (Å²) in [4.78, 5) is 0. The van der Waals surface area contributed by atoms with Crippen molar-refractivity contribution in [2.24, 2.45) is 0 Å². The number of aromatic nitrogens is 1. The molecule has 0 fully saturated rings. The minimum atomic E-state index is 1.16. The molecule has 0 radical (unpaired) electrons. The number of nitrogens with zero attached hydrogens (tertiary/aromatic N) is 1. The summed E-state index contributed by atoms with van der Waals surface area (Å²) in [6.45, 7) is 0. The second-order valence-electron chi connectivity index (χ2n) is 11.8. The van der Waals surface area contributed by atoms with E-state index in [1.54, 1.807) is 0 Å². The maximum absolute atomic E-state index is 2.41. The van der Waals surface area contributed by atoms with Crippen molar-refractivity contribution in [3.05, 3.63) is 176 Å². The van der Waals surface area contributed by atoms with Crippen molar-refractivity contribution in [1.29, 1.82) is 0 Å². The lowest BCUT2D eigenvalue weighted by Crippen LogP contribution is -1.94. The Bertz CT molecular complexity index is 2500. The molecule has 0 atom stereocenters. The molecule has 0 saturated carbocycles. The first-order valence-corrected chi connectivity index (χ1v) is 15.5. The average molecular weight is 572 g/mol.